The van der Waals surface area contributed by atoms with Gasteiger partial charge in [-0.3, -0.25) is 0 Å². The molecule has 0 saturated carbocycles. The molecule has 0 saturated heterocycles. The number of benzene rings is 4. The molecule has 0 radical (unpaired) electrons. The van der Waals surface area contributed by atoms with Crippen LogP contribution < -0.4 is 0 Å². The van der Waals surface area contributed by atoms with Crippen LogP contribution in [-0.2, 0) is 46.0 Å². The van der Waals surface area contributed by atoms with E-state index < -0.39 is 5.41 Å². The minimum atomic E-state index is -0.677. The van der Waals surface area contributed by atoms with Gasteiger partial charge in [0.15, 0.2) is 11.8 Å². The molecular formula is C43H50N2O2. The second kappa shape index (κ2) is 13.5. The molecule has 4 aromatic rings. The number of hydrogen-bond acceptors (Lipinski definition) is 4. The summed E-state index contributed by atoms with van der Waals surface area (Å²) in [5.74, 6) is 1.50. The Morgan fingerprint density at radius 3 is 1.19 bits per heavy atom. The Balaban J connectivity index is 1.43. The minimum absolute atomic E-state index is 0.0421. The summed E-state index contributed by atoms with van der Waals surface area (Å²) in [6.07, 6.45) is 3.05. The van der Waals surface area contributed by atoms with E-state index in [0.717, 1.165) is 24.6 Å². The number of aliphatic imine (C=N–C) groups is 2. The first-order valence-corrected chi connectivity index (χ1v) is 17.2. The Kier molecular flexibility index (Phi) is 9.41. The summed E-state index contributed by atoms with van der Waals surface area (Å²) in [5, 5.41) is 0. The Bertz CT molecular complexity index is 1550. The zero-order chi connectivity index (χ0) is 33.1. The third-order valence-electron chi connectivity index (χ3n) is 9.52. The maximum atomic E-state index is 6.66. The van der Waals surface area contributed by atoms with E-state index in [0.29, 0.717) is 26.1 Å². The van der Waals surface area contributed by atoms with E-state index in [2.05, 4.69) is 151 Å². The van der Waals surface area contributed by atoms with Crippen LogP contribution in [-0.4, -0.2) is 37.1 Å². The Labute approximate surface area is 282 Å². The Hall–Kier alpha value is -4.18. The van der Waals surface area contributed by atoms with Gasteiger partial charge in [0.25, 0.3) is 0 Å². The molecule has 0 fully saturated rings. The molecule has 2 atom stereocenters. The lowest BCUT2D eigenvalue weighted by Gasteiger charge is -2.33. The van der Waals surface area contributed by atoms with E-state index in [1.54, 1.807) is 0 Å². The van der Waals surface area contributed by atoms with E-state index in [4.69, 9.17) is 19.5 Å². The highest BCUT2D eigenvalue weighted by molar-refractivity contribution is 6.07. The van der Waals surface area contributed by atoms with Crippen molar-refractivity contribution in [2.24, 2.45) is 15.4 Å². The molecule has 2 aliphatic heterocycles. The fourth-order valence-corrected chi connectivity index (χ4v) is 6.73. The highest BCUT2D eigenvalue weighted by Gasteiger charge is 2.49. The molecule has 0 N–H and O–H groups in total. The topological polar surface area (TPSA) is 43.2 Å². The zero-order valence-corrected chi connectivity index (χ0v) is 29.0. The van der Waals surface area contributed by atoms with Crippen LogP contribution in [0.1, 0.15) is 74.9 Å². The number of rotatable bonds is 10. The van der Waals surface area contributed by atoms with Gasteiger partial charge in [-0.25, -0.2) is 9.98 Å². The highest BCUT2D eigenvalue weighted by atomic mass is 16.5. The van der Waals surface area contributed by atoms with Crippen LogP contribution in [0.2, 0.25) is 0 Å². The van der Waals surface area contributed by atoms with Crippen LogP contribution >= 0.6 is 0 Å². The molecule has 4 heteroatoms. The minimum Gasteiger partial charge on any atom is -0.478 e. The number of nitrogens with zero attached hydrogens (tertiary/aromatic N) is 2. The molecule has 0 aromatic heterocycles. The second-order valence-electron chi connectivity index (χ2n) is 15.5. The van der Waals surface area contributed by atoms with Gasteiger partial charge in [-0.15, -0.1) is 0 Å². The molecule has 4 nitrogen and oxygen atoms in total. The van der Waals surface area contributed by atoms with Crippen LogP contribution in [0.25, 0.3) is 0 Å². The van der Waals surface area contributed by atoms with Crippen molar-refractivity contribution in [2.75, 3.05) is 13.2 Å². The van der Waals surface area contributed by atoms with Gasteiger partial charge in [0.1, 0.15) is 18.6 Å². The Morgan fingerprint density at radius 1 is 0.489 bits per heavy atom. The van der Waals surface area contributed by atoms with E-state index in [1.807, 2.05) is 0 Å². The Morgan fingerprint density at radius 2 is 0.851 bits per heavy atom. The fraction of sp³-hybridized carbons (Fsp3) is 0.395. The maximum absolute atomic E-state index is 6.66. The van der Waals surface area contributed by atoms with Gasteiger partial charge in [0.2, 0.25) is 0 Å². The standard InChI is InChI=1S/C43H50N2O2/c1-41(2,3)35-21-17-33(18-22-35)27-43(28-34-19-23-36(24-20-34)42(4,5)6,39-44-37(29-46-39)25-31-13-9-7-10-14-31)40-45-38(30-47-40)26-32-15-11-8-12-16-32/h7-24,37-38H,25-30H2,1-6H3/t37-,38-/m0/s1. The summed E-state index contributed by atoms with van der Waals surface area (Å²) >= 11 is 0. The van der Waals surface area contributed by atoms with Gasteiger partial charge in [-0.1, -0.05) is 151 Å². The van der Waals surface area contributed by atoms with Gasteiger partial charge in [-0.05, 0) is 69.9 Å². The lowest BCUT2D eigenvalue weighted by molar-refractivity contribution is 0.248. The van der Waals surface area contributed by atoms with Crippen LogP contribution in [0, 0.1) is 5.41 Å². The third kappa shape index (κ3) is 7.87. The summed E-state index contributed by atoms with van der Waals surface area (Å²) in [6.45, 7) is 14.7. The van der Waals surface area contributed by atoms with Gasteiger partial charge in [-0.2, -0.15) is 0 Å². The van der Waals surface area contributed by atoms with Crippen molar-refractivity contribution in [2.45, 2.75) is 90.1 Å². The van der Waals surface area contributed by atoms with Crippen molar-refractivity contribution in [3.63, 3.8) is 0 Å². The van der Waals surface area contributed by atoms with Gasteiger partial charge in [0, 0.05) is 0 Å². The molecule has 4 aromatic carbocycles. The molecule has 0 bridgehead atoms. The molecule has 244 valence electrons. The van der Waals surface area contributed by atoms with Crippen LogP contribution in [0.5, 0.6) is 0 Å². The molecular weight excluding hydrogens is 576 g/mol. The van der Waals surface area contributed by atoms with Crippen LogP contribution in [0.3, 0.4) is 0 Å². The van der Waals surface area contributed by atoms with Crippen molar-refractivity contribution in [3.8, 4) is 0 Å². The lowest BCUT2D eigenvalue weighted by atomic mass is 9.74. The summed E-state index contributed by atoms with van der Waals surface area (Å²) in [7, 11) is 0. The molecule has 0 aliphatic carbocycles. The normalized spacial score (nSPS) is 18.3. The monoisotopic (exact) mass is 626 g/mol. The SMILES string of the molecule is CC(C)(C)c1ccc(CC(Cc2ccc(C(C)(C)C)cc2)(C2=N[C@@H](Cc3ccccc3)CO2)C2=N[C@@H](Cc3ccccc3)CO2)cc1. The first-order valence-electron chi connectivity index (χ1n) is 17.2. The molecule has 2 heterocycles. The summed E-state index contributed by atoms with van der Waals surface area (Å²) in [6, 6.07) is 39.4. The summed E-state index contributed by atoms with van der Waals surface area (Å²) in [4.78, 5) is 10.7. The average molecular weight is 627 g/mol. The molecule has 6 rings (SSSR count). The highest BCUT2D eigenvalue weighted by Crippen LogP contribution is 2.39. The first-order chi connectivity index (χ1) is 22.5. The van der Waals surface area contributed by atoms with Crippen molar-refractivity contribution in [1.29, 1.82) is 0 Å². The van der Waals surface area contributed by atoms with Crippen molar-refractivity contribution >= 4 is 11.8 Å². The smallest absolute Gasteiger partial charge is 0.200 e. The summed E-state index contributed by atoms with van der Waals surface area (Å²) in [5.41, 5.74) is 7.10. The number of hydrogen-bond donors (Lipinski definition) is 0. The first kappa shape index (κ1) is 32.7. The lowest BCUT2D eigenvalue weighted by Crippen LogP contribution is -2.44. The van der Waals surface area contributed by atoms with Crippen LogP contribution in [0.4, 0.5) is 0 Å². The van der Waals surface area contributed by atoms with E-state index >= 15 is 0 Å². The van der Waals surface area contributed by atoms with Crippen molar-refractivity contribution in [1.82, 2.24) is 0 Å². The summed E-state index contributed by atoms with van der Waals surface area (Å²) < 4.78 is 13.3. The van der Waals surface area contributed by atoms with Crippen LogP contribution in [0.15, 0.2) is 119 Å². The van der Waals surface area contributed by atoms with E-state index in [9.17, 15) is 0 Å². The predicted molar refractivity (Wildman–Crippen MR) is 195 cm³/mol. The number of ether oxygens (including phenoxy) is 2. The van der Waals surface area contributed by atoms with Gasteiger partial charge < -0.3 is 9.47 Å². The molecule has 0 unspecified atom stereocenters. The van der Waals surface area contributed by atoms with Crippen molar-refractivity contribution < 1.29 is 9.47 Å². The van der Waals surface area contributed by atoms with E-state index in [1.165, 1.54) is 33.4 Å². The predicted octanol–water partition coefficient (Wildman–Crippen LogP) is 9.13. The molecule has 0 amide bonds. The molecule has 47 heavy (non-hydrogen) atoms. The third-order valence-corrected chi connectivity index (χ3v) is 9.52. The zero-order valence-electron chi connectivity index (χ0n) is 29.0. The maximum Gasteiger partial charge on any atom is 0.200 e. The fourth-order valence-electron chi connectivity index (χ4n) is 6.73. The largest absolute Gasteiger partial charge is 0.478 e. The van der Waals surface area contributed by atoms with Crippen molar-refractivity contribution in [3.05, 3.63) is 143 Å². The van der Waals surface area contributed by atoms with Gasteiger partial charge >= 0.3 is 0 Å². The van der Waals surface area contributed by atoms with E-state index in [-0.39, 0.29) is 22.9 Å². The molecule has 0 spiro atoms. The average Bonchev–Trinajstić information content (AvgIpc) is 3.72. The second-order valence-corrected chi connectivity index (χ2v) is 15.5. The molecule has 2 aliphatic rings. The quantitative estimate of drug-likeness (QED) is 0.176. The van der Waals surface area contributed by atoms with Gasteiger partial charge in [0.05, 0.1) is 12.1 Å².